The van der Waals surface area contributed by atoms with Crippen LogP contribution in [0.4, 0.5) is 5.69 Å². The average Bonchev–Trinajstić information content (AvgIpc) is 3.08. The summed E-state index contributed by atoms with van der Waals surface area (Å²) in [5.41, 5.74) is 0.810. The van der Waals surface area contributed by atoms with E-state index in [1.807, 2.05) is 0 Å². The molecule has 0 radical (unpaired) electrons. The van der Waals surface area contributed by atoms with Crippen LogP contribution in [0.2, 0.25) is 0 Å². The Hall–Kier alpha value is -1.86. The van der Waals surface area contributed by atoms with Gasteiger partial charge in [0.25, 0.3) is 15.9 Å². The van der Waals surface area contributed by atoms with Crippen LogP contribution in [-0.2, 0) is 10.0 Å². The molecular weight excluding hydrogens is 404 g/mol. The fraction of sp³-hybridized carbons (Fsp3) is 0.278. The van der Waals surface area contributed by atoms with Gasteiger partial charge in [-0.1, -0.05) is 34.8 Å². The number of nitrogens with one attached hydrogen (secondary N) is 2. The highest BCUT2D eigenvalue weighted by molar-refractivity contribution is 9.10. The highest BCUT2D eigenvalue weighted by atomic mass is 79.9. The molecule has 0 bridgehead atoms. The maximum atomic E-state index is 12.4. The van der Waals surface area contributed by atoms with E-state index in [1.165, 1.54) is 12.1 Å². The number of amides is 1. The summed E-state index contributed by atoms with van der Waals surface area (Å²) in [6.45, 7) is 0. The van der Waals surface area contributed by atoms with E-state index in [2.05, 4.69) is 26.0 Å². The van der Waals surface area contributed by atoms with Gasteiger partial charge in [0.05, 0.1) is 4.90 Å². The topological polar surface area (TPSA) is 75.3 Å². The highest BCUT2D eigenvalue weighted by Crippen LogP contribution is 2.21. The predicted octanol–water partition coefficient (Wildman–Crippen LogP) is 3.92. The van der Waals surface area contributed by atoms with Crippen LogP contribution >= 0.6 is 15.9 Å². The lowest BCUT2D eigenvalue weighted by molar-refractivity contribution is 0.0938. The number of hydrogen-bond donors (Lipinski definition) is 2. The molecule has 2 aromatic carbocycles. The number of carbonyl (C=O) groups is 1. The van der Waals surface area contributed by atoms with Crippen LogP contribution < -0.4 is 10.0 Å². The number of sulfonamides is 1. The molecule has 7 heteroatoms. The van der Waals surface area contributed by atoms with Crippen LogP contribution in [0.15, 0.2) is 57.9 Å². The monoisotopic (exact) mass is 422 g/mol. The van der Waals surface area contributed by atoms with Crippen molar-refractivity contribution in [1.82, 2.24) is 5.32 Å². The largest absolute Gasteiger partial charge is 0.349 e. The number of rotatable bonds is 5. The molecule has 1 fully saturated rings. The van der Waals surface area contributed by atoms with Gasteiger partial charge in [-0.2, -0.15) is 0 Å². The lowest BCUT2D eigenvalue weighted by Gasteiger charge is -2.13. The Bertz CT molecular complexity index is 860. The lowest BCUT2D eigenvalue weighted by Crippen LogP contribution is -2.32. The third kappa shape index (κ3) is 4.61. The molecule has 0 saturated heterocycles. The Morgan fingerprint density at radius 2 is 1.72 bits per heavy atom. The van der Waals surface area contributed by atoms with Crippen molar-refractivity contribution < 1.29 is 13.2 Å². The van der Waals surface area contributed by atoms with Crippen LogP contribution in [0.3, 0.4) is 0 Å². The van der Waals surface area contributed by atoms with Gasteiger partial charge in [0.1, 0.15) is 0 Å². The van der Waals surface area contributed by atoms with Crippen LogP contribution in [-0.4, -0.2) is 20.4 Å². The van der Waals surface area contributed by atoms with Gasteiger partial charge in [-0.05, 0) is 55.3 Å². The zero-order chi connectivity index (χ0) is 17.9. The first-order valence-electron chi connectivity index (χ1n) is 8.13. The van der Waals surface area contributed by atoms with Crippen LogP contribution in [0.25, 0.3) is 0 Å². The average molecular weight is 423 g/mol. The number of halogens is 1. The third-order valence-corrected chi connectivity index (χ3v) is 6.12. The minimum atomic E-state index is -3.70. The second kappa shape index (κ2) is 7.58. The van der Waals surface area contributed by atoms with Gasteiger partial charge in [0.2, 0.25) is 0 Å². The van der Waals surface area contributed by atoms with Gasteiger partial charge in [-0.25, -0.2) is 8.42 Å². The molecule has 0 atom stereocenters. The van der Waals surface area contributed by atoms with E-state index >= 15 is 0 Å². The first-order chi connectivity index (χ1) is 11.9. The van der Waals surface area contributed by atoms with Crippen molar-refractivity contribution in [3.63, 3.8) is 0 Å². The second-order valence-corrected chi connectivity index (χ2v) is 8.69. The zero-order valence-corrected chi connectivity index (χ0v) is 15.9. The second-order valence-electron chi connectivity index (χ2n) is 6.10. The van der Waals surface area contributed by atoms with E-state index < -0.39 is 10.0 Å². The summed E-state index contributed by atoms with van der Waals surface area (Å²) in [7, 11) is -3.70. The molecule has 2 aromatic rings. The normalized spacial score (nSPS) is 15.1. The Labute approximate surface area is 156 Å². The molecule has 2 N–H and O–H groups in total. The quantitative estimate of drug-likeness (QED) is 0.766. The molecule has 0 aliphatic heterocycles. The molecular formula is C18H19BrN2O3S. The molecule has 3 rings (SSSR count). The number of hydrogen-bond acceptors (Lipinski definition) is 3. The summed E-state index contributed by atoms with van der Waals surface area (Å²) < 4.78 is 28.2. The number of anilines is 1. The van der Waals surface area contributed by atoms with E-state index in [0.29, 0.717) is 11.3 Å². The summed E-state index contributed by atoms with van der Waals surface area (Å²) in [5.74, 6) is -0.170. The summed E-state index contributed by atoms with van der Waals surface area (Å²) in [5, 5.41) is 3.00. The summed E-state index contributed by atoms with van der Waals surface area (Å²) >= 11 is 3.28. The maximum absolute atomic E-state index is 12.4. The van der Waals surface area contributed by atoms with Gasteiger partial charge < -0.3 is 5.32 Å². The van der Waals surface area contributed by atoms with Crippen LogP contribution in [0.1, 0.15) is 36.0 Å². The van der Waals surface area contributed by atoms with Crippen molar-refractivity contribution in [3.05, 3.63) is 58.6 Å². The molecule has 0 heterocycles. The summed E-state index contributed by atoms with van der Waals surface area (Å²) in [4.78, 5) is 12.5. The molecule has 1 aliphatic carbocycles. The van der Waals surface area contributed by atoms with Gasteiger partial charge >= 0.3 is 0 Å². The number of carbonyl (C=O) groups excluding carboxylic acids is 1. The Morgan fingerprint density at radius 3 is 2.40 bits per heavy atom. The van der Waals surface area contributed by atoms with Crippen molar-refractivity contribution in [2.75, 3.05) is 4.72 Å². The first kappa shape index (κ1) is 17.9. The molecule has 0 aromatic heterocycles. The molecule has 1 aliphatic rings. The Balaban J connectivity index is 1.74. The van der Waals surface area contributed by atoms with Crippen LogP contribution in [0, 0.1) is 0 Å². The molecule has 0 spiro atoms. The van der Waals surface area contributed by atoms with E-state index in [-0.39, 0.29) is 16.8 Å². The molecule has 1 amide bonds. The Kier molecular flexibility index (Phi) is 5.44. The van der Waals surface area contributed by atoms with Crippen LogP contribution in [0.5, 0.6) is 0 Å². The van der Waals surface area contributed by atoms with Crippen molar-refractivity contribution >= 4 is 37.5 Å². The predicted molar refractivity (Wildman–Crippen MR) is 101 cm³/mol. The summed E-state index contributed by atoms with van der Waals surface area (Å²) in [6.07, 6.45) is 4.28. The molecule has 25 heavy (non-hydrogen) atoms. The maximum Gasteiger partial charge on any atom is 0.261 e. The summed E-state index contributed by atoms with van der Waals surface area (Å²) in [6, 6.07) is 13.1. The fourth-order valence-electron chi connectivity index (χ4n) is 2.89. The third-order valence-electron chi connectivity index (χ3n) is 4.19. The zero-order valence-electron chi connectivity index (χ0n) is 13.5. The van der Waals surface area contributed by atoms with Gasteiger partial charge in [-0.15, -0.1) is 0 Å². The van der Waals surface area contributed by atoms with E-state index in [0.717, 1.165) is 30.2 Å². The standard InChI is InChI=1S/C18H19BrN2O3S/c19-14-8-10-17(11-9-14)25(23,24)21-16-7-3-4-13(12-16)18(22)20-15-5-1-2-6-15/h3-4,7-12,15,21H,1-2,5-6H2,(H,20,22). The minimum absolute atomic E-state index is 0.163. The molecule has 1 saturated carbocycles. The van der Waals surface area contributed by atoms with Gasteiger partial charge in [-0.3, -0.25) is 9.52 Å². The molecule has 0 unspecified atom stereocenters. The van der Waals surface area contributed by atoms with Gasteiger partial charge in [0, 0.05) is 21.8 Å². The van der Waals surface area contributed by atoms with Gasteiger partial charge in [0.15, 0.2) is 0 Å². The highest BCUT2D eigenvalue weighted by Gasteiger charge is 2.19. The van der Waals surface area contributed by atoms with Crippen molar-refractivity contribution in [3.8, 4) is 0 Å². The SMILES string of the molecule is O=C(NC1CCCC1)c1cccc(NS(=O)(=O)c2ccc(Br)cc2)c1. The molecule has 132 valence electrons. The van der Waals surface area contributed by atoms with E-state index in [1.54, 1.807) is 36.4 Å². The minimum Gasteiger partial charge on any atom is -0.349 e. The smallest absolute Gasteiger partial charge is 0.261 e. The fourth-order valence-corrected chi connectivity index (χ4v) is 4.20. The molecule has 5 nitrogen and oxygen atoms in total. The van der Waals surface area contributed by atoms with Crippen molar-refractivity contribution in [2.24, 2.45) is 0 Å². The van der Waals surface area contributed by atoms with E-state index in [4.69, 9.17) is 0 Å². The first-order valence-corrected chi connectivity index (χ1v) is 10.4. The lowest BCUT2D eigenvalue weighted by atomic mass is 10.1. The Morgan fingerprint density at radius 1 is 1.04 bits per heavy atom. The van der Waals surface area contributed by atoms with Crippen molar-refractivity contribution in [1.29, 1.82) is 0 Å². The van der Waals surface area contributed by atoms with E-state index in [9.17, 15) is 13.2 Å². The van der Waals surface area contributed by atoms with Crippen molar-refractivity contribution in [2.45, 2.75) is 36.6 Å². The number of benzene rings is 2.